The molecule has 0 spiro atoms. The topological polar surface area (TPSA) is 99.3 Å². The van der Waals surface area contributed by atoms with Gasteiger partial charge in [0.25, 0.3) is 5.69 Å². The van der Waals surface area contributed by atoms with Crippen molar-refractivity contribution in [1.29, 1.82) is 0 Å². The lowest BCUT2D eigenvalue weighted by molar-refractivity contribution is -0.384. The van der Waals surface area contributed by atoms with E-state index in [4.69, 9.17) is 4.74 Å². The molecule has 0 aliphatic rings. The van der Waals surface area contributed by atoms with E-state index in [-0.39, 0.29) is 23.0 Å². The largest absolute Gasteiger partial charge is 0.497 e. The molecule has 3 rings (SSSR count). The average molecular weight is 398 g/mol. The number of hydrogen-bond acceptors (Lipinski definition) is 6. The fourth-order valence-electron chi connectivity index (χ4n) is 2.57. The molecule has 8 nitrogen and oxygen atoms in total. The highest BCUT2D eigenvalue weighted by Crippen LogP contribution is 2.27. The van der Waals surface area contributed by atoms with Gasteiger partial charge in [0, 0.05) is 24.5 Å². The zero-order chi connectivity index (χ0) is 20.1. The van der Waals surface area contributed by atoms with Crippen LogP contribution in [0.2, 0.25) is 0 Å². The summed E-state index contributed by atoms with van der Waals surface area (Å²) >= 11 is 1.24. The third-order valence-electron chi connectivity index (χ3n) is 3.89. The van der Waals surface area contributed by atoms with Crippen LogP contribution in [-0.4, -0.2) is 33.2 Å². The number of hydrogen-bond donors (Lipinski definition) is 1. The van der Waals surface area contributed by atoms with Gasteiger partial charge in [0.2, 0.25) is 5.91 Å². The number of aromatic nitrogens is 2. The standard InChI is InChI=1S/C19H18N4O4S/c1-13-6-7-16(17(10-13)23(25)26)21-18(24)12-28-19-20-8-9-22(19)14-4-3-5-15(11-14)27-2/h3-11H,12H2,1-2H3,(H,21,24). The zero-order valence-electron chi connectivity index (χ0n) is 15.3. The Morgan fingerprint density at radius 1 is 1.32 bits per heavy atom. The Bertz CT molecular complexity index is 1020. The number of methoxy groups -OCH3 is 1. The van der Waals surface area contributed by atoms with Gasteiger partial charge in [-0.05, 0) is 30.7 Å². The number of nitrogens with zero attached hydrogens (tertiary/aromatic N) is 3. The highest BCUT2D eigenvalue weighted by atomic mass is 32.2. The minimum absolute atomic E-state index is 0.0615. The molecule has 3 aromatic rings. The van der Waals surface area contributed by atoms with Gasteiger partial charge in [-0.25, -0.2) is 4.98 Å². The molecule has 28 heavy (non-hydrogen) atoms. The Morgan fingerprint density at radius 2 is 2.14 bits per heavy atom. The van der Waals surface area contributed by atoms with Gasteiger partial charge in [0.1, 0.15) is 11.4 Å². The minimum atomic E-state index is -0.509. The van der Waals surface area contributed by atoms with Crippen LogP contribution < -0.4 is 10.1 Å². The Kier molecular flexibility index (Phi) is 5.95. The molecule has 1 aromatic heterocycles. The predicted molar refractivity (Wildman–Crippen MR) is 107 cm³/mol. The van der Waals surface area contributed by atoms with Crippen molar-refractivity contribution >= 4 is 29.0 Å². The maximum atomic E-state index is 12.3. The second-order valence-electron chi connectivity index (χ2n) is 5.90. The van der Waals surface area contributed by atoms with E-state index in [1.54, 1.807) is 32.5 Å². The van der Waals surface area contributed by atoms with Gasteiger partial charge >= 0.3 is 0 Å². The summed E-state index contributed by atoms with van der Waals surface area (Å²) < 4.78 is 7.08. The van der Waals surface area contributed by atoms with Crippen molar-refractivity contribution in [1.82, 2.24) is 9.55 Å². The second-order valence-corrected chi connectivity index (χ2v) is 6.84. The molecule has 0 saturated heterocycles. The van der Waals surface area contributed by atoms with Crippen molar-refractivity contribution in [2.75, 3.05) is 18.2 Å². The van der Waals surface area contributed by atoms with E-state index in [9.17, 15) is 14.9 Å². The van der Waals surface area contributed by atoms with E-state index in [1.807, 2.05) is 28.8 Å². The number of rotatable bonds is 7. The van der Waals surface area contributed by atoms with Crippen LogP contribution >= 0.6 is 11.8 Å². The number of benzene rings is 2. The molecular weight excluding hydrogens is 380 g/mol. The lowest BCUT2D eigenvalue weighted by Gasteiger charge is -2.09. The molecule has 1 amide bonds. The predicted octanol–water partition coefficient (Wildman–Crippen LogP) is 3.83. The molecule has 0 fully saturated rings. The van der Waals surface area contributed by atoms with Crippen molar-refractivity contribution in [2.45, 2.75) is 12.1 Å². The number of thioether (sulfide) groups is 1. The van der Waals surface area contributed by atoms with Crippen LogP contribution in [-0.2, 0) is 4.79 Å². The fraction of sp³-hybridized carbons (Fsp3) is 0.158. The first-order valence-electron chi connectivity index (χ1n) is 8.33. The summed E-state index contributed by atoms with van der Waals surface area (Å²) in [6, 6.07) is 12.2. The average Bonchev–Trinajstić information content (AvgIpc) is 3.16. The Hall–Kier alpha value is -3.33. The molecule has 0 radical (unpaired) electrons. The van der Waals surface area contributed by atoms with E-state index >= 15 is 0 Å². The first-order chi connectivity index (χ1) is 13.5. The molecule has 144 valence electrons. The number of amides is 1. The van der Waals surface area contributed by atoms with E-state index in [0.29, 0.717) is 10.9 Å². The fourth-order valence-corrected chi connectivity index (χ4v) is 3.34. The van der Waals surface area contributed by atoms with Crippen LogP contribution in [0, 0.1) is 17.0 Å². The van der Waals surface area contributed by atoms with Crippen LogP contribution in [0.25, 0.3) is 5.69 Å². The smallest absolute Gasteiger partial charge is 0.293 e. The van der Waals surface area contributed by atoms with E-state index in [0.717, 1.165) is 11.3 Å². The van der Waals surface area contributed by atoms with Gasteiger partial charge in [0.05, 0.1) is 23.5 Å². The first-order valence-corrected chi connectivity index (χ1v) is 9.32. The van der Waals surface area contributed by atoms with Crippen molar-refractivity contribution < 1.29 is 14.5 Å². The number of nitrogens with one attached hydrogen (secondary N) is 1. The second kappa shape index (κ2) is 8.57. The molecule has 9 heteroatoms. The molecular formula is C19H18N4O4S. The Morgan fingerprint density at radius 3 is 2.89 bits per heavy atom. The van der Waals surface area contributed by atoms with Gasteiger partial charge < -0.3 is 10.1 Å². The lowest BCUT2D eigenvalue weighted by atomic mass is 10.2. The van der Waals surface area contributed by atoms with Crippen LogP contribution in [0.5, 0.6) is 5.75 Å². The van der Waals surface area contributed by atoms with Crippen LogP contribution in [0.1, 0.15) is 5.56 Å². The number of ether oxygens (including phenoxy) is 1. The van der Waals surface area contributed by atoms with Crippen LogP contribution in [0.4, 0.5) is 11.4 Å². The summed E-state index contributed by atoms with van der Waals surface area (Å²) in [5.41, 5.74) is 1.65. The highest BCUT2D eigenvalue weighted by Gasteiger charge is 2.17. The summed E-state index contributed by atoms with van der Waals surface area (Å²) in [7, 11) is 1.59. The van der Waals surface area contributed by atoms with E-state index in [2.05, 4.69) is 10.3 Å². The molecule has 0 bridgehead atoms. The van der Waals surface area contributed by atoms with Crippen molar-refractivity contribution in [2.24, 2.45) is 0 Å². The summed E-state index contributed by atoms with van der Waals surface area (Å²) in [4.78, 5) is 27.3. The molecule has 0 aliphatic carbocycles. The number of aryl methyl sites for hydroxylation is 1. The third kappa shape index (κ3) is 4.49. The zero-order valence-corrected chi connectivity index (χ0v) is 16.1. The number of nitro benzene ring substituents is 1. The van der Waals surface area contributed by atoms with Gasteiger partial charge in [-0.3, -0.25) is 19.5 Å². The SMILES string of the molecule is COc1cccc(-n2ccnc2SCC(=O)Nc2ccc(C)cc2[N+](=O)[O-])c1. The highest BCUT2D eigenvalue weighted by molar-refractivity contribution is 7.99. The summed E-state index contributed by atoms with van der Waals surface area (Å²) in [5.74, 6) is 0.426. The monoisotopic (exact) mass is 398 g/mol. The molecule has 0 atom stereocenters. The summed E-state index contributed by atoms with van der Waals surface area (Å²) in [6.45, 7) is 1.76. The number of nitro groups is 1. The normalized spacial score (nSPS) is 10.5. The summed E-state index contributed by atoms with van der Waals surface area (Å²) in [6.07, 6.45) is 3.43. The number of carbonyl (C=O) groups excluding carboxylic acids is 1. The Labute approximate surface area is 165 Å². The Balaban J connectivity index is 1.70. The van der Waals surface area contributed by atoms with Crippen molar-refractivity contribution in [3.05, 3.63) is 70.5 Å². The van der Waals surface area contributed by atoms with E-state index < -0.39 is 4.92 Å². The molecule has 0 saturated carbocycles. The maximum absolute atomic E-state index is 12.3. The molecule has 1 heterocycles. The van der Waals surface area contributed by atoms with Crippen molar-refractivity contribution in [3.8, 4) is 11.4 Å². The molecule has 1 N–H and O–H groups in total. The van der Waals surface area contributed by atoms with E-state index in [1.165, 1.54) is 23.9 Å². The van der Waals surface area contributed by atoms with Gasteiger partial charge in [-0.2, -0.15) is 0 Å². The van der Waals surface area contributed by atoms with Crippen LogP contribution in [0.15, 0.2) is 60.0 Å². The lowest BCUT2D eigenvalue weighted by Crippen LogP contribution is -2.15. The van der Waals surface area contributed by atoms with Gasteiger partial charge in [-0.1, -0.05) is 23.9 Å². The van der Waals surface area contributed by atoms with Gasteiger partial charge in [0.15, 0.2) is 5.16 Å². The third-order valence-corrected chi connectivity index (χ3v) is 4.86. The van der Waals surface area contributed by atoms with Crippen molar-refractivity contribution in [3.63, 3.8) is 0 Å². The summed E-state index contributed by atoms with van der Waals surface area (Å²) in [5, 5.41) is 14.4. The van der Waals surface area contributed by atoms with Gasteiger partial charge in [-0.15, -0.1) is 0 Å². The maximum Gasteiger partial charge on any atom is 0.293 e. The molecule has 0 aliphatic heterocycles. The molecule has 0 unspecified atom stereocenters. The molecule has 2 aromatic carbocycles. The number of anilines is 1. The van der Waals surface area contributed by atoms with Crippen LogP contribution in [0.3, 0.4) is 0 Å². The number of imidazole rings is 1. The number of carbonyl (C=O) groups is 1. The quantitative estimate of drug-likeness (QED) is 0.369. The minimum Gasteiger partial charge on any atom is -0.497 e. The first kappa shape index (κ1) is 19.4.